The fourth-order valence-electron chi connectivity index (χ4n) is 2.18. The third kappa shape index (κ3) is 11.4. The second-order valence-corrected chi connectivity index (χ2v) is 7.16. The van der Waals surface area contributed by atoms with Crippen LogP contribution in [0.2, 0.25) is 0 Å². The van der Waals surface area contributed by atoms with E-state index in [9.17, 15) is 28.8 Å². The molecular formula is C16H27N5O8S2. The van der Waals surface area contributed by atoms with Gasteiger partial charge in [0.05, 0.1) is 6.04 Å². The summed E-state index contributed by atoms with van der Waals surface area (Å²) in [5, 5.41) is 24.6. The first kappa shape index (κ1) is 28.5. The van der Waals surface area contributed by atoms with Crippen LogP contribution >= 0.6 is 25.3 Å². The SMILES string of the molecule is NC(=O)CCC(NC(=O)C(N)CS)C(=O)NC(CCC(=O)O)C(=O)NC(CS)C(=O)O. The monoisotopic (exact) mass is 481 g/mol. The lowest BCUT2D eigenvalue weighted by Gasteiger charge is -2.24. The van der Waals surface area contributed by atoms with Crippen molar-refractivity contribution in [2.45, 2.75) is 49.9 Å². The van der Waals surface area contributed by atoms with E-state index >= 15 is 0 Å². The molecule has 0 aliphatic heterocycles. The zero-order valence-electron chi connectivity index (χ0n) is 16.4. The zero-order chi connectivity index (χ0) is 24.1. The third-order valence-corrected chi connectivity index (χ3v) is 4.68. The van der Waals surface area contributed by atoms with Gasteiger partial charge in [-0.1, -0.05) is 0 Å². The van der Waals surface area contributed by atoms with Gasteiger partial charge in [0.25, 0.3) is 0 Å². The summed E-state index contributed by atoms with van der Waals surface area (Å²) >= 11 is 7.69. The molecule has 0 radical (unpaired) electrons. The van der Waals surface area contributed by atoms with Crippen molar-refractivity contribution in [2.24, 2.45) is 11.5 Å². The van der Waals surface area contributed by atoms with E-state index in [1.807, 2.05) is 0 Å². The van der Waals surface area contributed by atoms with Crippen LogP contribution in [0.1, 0.15) is 25.7 Å². The Bertz CT molecular complexity index is 693. The Morgan fingerprint density at radius 2 is 1.19 bits per heavy atom. The van der Waals surface area contributed by atoms with E-state index in [4.69, 9.17) is 21.7 Å². The molecule has 0 aliphatic carbocycles. The molecule has 0 bridgehead atoms. The summed E-state index contributed by atoms with van der Waals surface area (Å²) in [7, 11) is 0. The standard InChI is InChI=1S/C16H27N5O8S2/c17-7(5-30)13(25)19-8(1-3-11(18)22)14(26)20-9(2-4-12(23)24)15(27)21-10(6-31)16(28)29/h7-10,30-31H,1-6,17H2,(H2,18,22)(H,19,25)(H,20,26)(H,21,27)(H,23,24)(H,28,29). The molecule has 13 nitrogen and oxygen atoms in total. The van der Waals surface area contributed by atoms with Gasteiger partial charge in [0, 0.05) is 24.3 Å². The summed E-state index contributed by atoms with van der Waals surface area (Å²) in [5.74, 6) is -6.27. The number of thiol groups is 2. The Hall–Kier alpha value is -2.52. The average Bonchev–Trinajstić information content (AvgIpc) is 2.70. The van der Waals surface area contributed by atoms with Gasteiger partial charge in [-0.3, -0.25) is 24.0 Å². The van der Waals surface area contributed by atoms with Crippen molar-refractivity contribution >= 4 is 60.8 Å². The van der Waals surface area contributed by atoms with Crippen LogP contribution in [0.4, 0.5) is 0 Å². The van der Waals surface area contributed by atoms with Gasteiger partial charge in [-0.05, 0) is 12.8 Å². The fourth-order valence-corrected chi connectivity index (χ4v) is 2.60. The van der Waals surface area contributed by atoms with Crippen LogP contribution in [0.15, 0.2) is 0 Å². The first-order chi connectivity index (χ1) is 14.4. The van der Waals surface area contributed by atoms with E-state index in [0.717, 1.165) is 0 Å². The number of amides is 4. The molecule has 0 aromatic carbocycles. The Labute approximate surface area is 188 Å². The molecule has 0 fully saturated rings. The van der Waals surface area contributed by atoms with Gasteiger partial charge >= 0.3 is 11.9 Å². The summed E-state index contributed by atoms with van der Waals surface area (Å²) in [6.45, 7) is 0. The number of hydrogen-bond acceptors (Lipinski definition) is 9. The number of hydrogen-bond donors (Lipinski definition) is 9. The quantitative estimate of drug-likeness (QED) is 0.107. The number of rotatable bonds is 15. The predicted molar refractivity (Wildman–Crippen MR) is 114 cm³/mol. The molecule has 9 N–H and O–H groups in total. The van der Waals surface area contributed by atoms with E-state index in [1.165, 1.54) is 0 Å². The number of carbonyl (C=O) groups is 6. The lowest BCUT2D eigenvalue weighted by atomic mass is 10.1. The van der Waals surface area contributed by atoms with Crippen LogP contribution < -0.4 is 27.4 Å². The van der Waals surface area contributed by atoms with Crippen molar-refractivity contribution in [1.82, 2.24) is 16.0 Å². The summed E-state index contributed by atoms with van der Waals surface area (Å²) in [4.78, 5) is 70.1. The van der Waals surface area contributed by atoms with Gasteiger partial charge in [-0.15, -0.1) is 0 Å². The van der Waals surface area contributed by atoms with Crippen LogP contribution in [-0.2, 0) is 28.8 Å². The van der Waals surface area contributed by atoms with Crippen LogP contribution in [0.5, 0.6) is 0 Å². The number of carbonyl (C=O) groups excluding carboxylic acids is 4. The molecule has 4 unspecified atom stereocenters. The first-order valence-electron chi connectivity index (χ1n) is 9.04. The molecule has 0 rings (SSSR count). The van der Waals surface area contributed by atoms with Crippen molar-refractivity contribution in [3.8, 4) is 0 Å². The number of carboxylic acids is 2. The van der Waals surface area contributed by atoms with Gasteiger partial charge in [0.2, 0.25) is 23.6 Å². The lowest BCUT2D eigenvalue weighted by Crippen LogP contribution is -2.57. The van der Waals surface area contributed by atoms with Gasteiger partial charge < -0.3 is 37.6 Å². The number of primary amides is 1. The molecule has 15 heteroatoms. The van der Waals surface area contributed by atoms with Crippen LogP contribution in [0, 0.1) is 0 Å². The maximum Gasteiger partial charge on any atom is 0.327 e. The minimum absolute atomic E-state index is 0.0278. The van der Waals surface area contributed by atoms with Crippen molar-refractivity contribution in [2.75, 3.05) is 11.5 Å². The van der Waals surface area contributed by atoms with Crippen molar-refractivity contribution in [3.05, 3.63) is 0 Å². The number of carboxylic acid groups (broad SMARTS) is 2. The average molecular weight is 482 g/mol. The summed E-state index contributed by atoms with van der Waals surface area (Å²) in [5.41, 5.74) is 10.6. The maximum absolute atomic E-state index is 12.7. The highest BCUT2D eigenvalue weighted by Crippen LogP contribution is 2.04. The summed E-state index contributed by atoms with van der Waals surface area (Å²) in [6, 6.07) is -5.17. The maximum atomic E-state index is 12.7. The topological polar surface area (TPSA) is 231 Å². The zero-order valence-corrected chi connectivity index (χ0v) is 18.2. The molecule has 0 saturated carbocycles. The van der Waals surface area contributed by atoms with E-state index in [2.05, 4.69) is 41.2 Å². The molecular weight excluding hydrogens is 454 g/mol. The first-order valence-corrected chi connectivity index (χ1v) is 10.3. The van der Waals surface area contributed by atoms with E-state index < -0.39 is 66.2 Å². The normalized spacial score (nSPS) is 14.4. The van der Waals surface area contributed by atoms with Gasteiger partial charge in [0.15, 0.2) is 0 Å². The molecule has 0 aromatic rings. The predicted octanol–water partition coefficient (Wildman–Crippen LogP) is -3.16. The second-order valence-electron chi connectivity index (χ2n) is 6.43. The molecule has 0 heterocycles. The van der Waals surface area contributed by atoms with Crippen LogP contribution in [-0.4, -0.2) is 81.5 Å². The molecule has 4 amide bonds. The number of nitrogens with two attached hydrogens (primary N) is 2. The highest BCUT2D eigenvalue weighted by molar-refractivity contribution is 7.80. The molecule has 0 aromatic heterocycles. The van der Waals surface area contributed by atoms with Crippen molar-refractivity contribution in [3.63, 3.8) is 0 Å². The van der Waals surface area contributed by atoms with E-state index in [0.29, 0.717) is 0 Å². The largest absolute Gasteiger partial charge is 0.481 e. The second kappa shape index (κ2) is 14.5. The highest BCUT2D eigenvalue weighted by atomic mass is 32.1. The van der Waals surface area contributed by atoms with Crippen molar-refractivity contribution < 1.29 is 39.0 Å². The molecule has 0 aliphatic rings. The van der Waals surface area contributed by atoms with Gasteiger partial charge in [-0.25, -0.2) is 4.79 Å². The molecule has 31 heavy (non-hydrogen) atoms. The summed E-state index contributed by atoms with van der Waals surface area (Å²) in [6.07, 6.45) is -1.37. The van der Waals surface area contributed by atoms with Crippen molar-refractivity contribution in [1.29, 1.82) is 0 Å². The van der Waals surface area contributed by atoms with E-state index in [-0.39, 0.29) is 30.8 Å². The Morgan fingerprint density at radius 1 is 0.742 bits per heavy atom. The molecule has 0 spiro atoms. The van der Waals surface area contributed by atoms with Gasteiger partial charge in [0.1, 0.15) is 18.1 Å². The number of nitrogens with one attached hydrogen (secondary N) is 3. The summed E-state index contributed by atoms with van der Waals surface area (Å²) < 4.78 is 0. The Morgan fingerprint density at radius 3 is 1.58 bits per heavy atom. The van der Waals surface area contributed by atoms with Gasteiger partial charge in [-0.2, -0.15) is 25.3 Å². The molecule has 0 saturated heterocycles. The highest BCUT2D eigenvalue weighted by Gasteiger charge is 2.30. The van der Waals surface area contributed by atoms with Crippen LogP contribution in [0.25, 0.3) is 0 Å². The Balaban J connectivity index is 5.48. The molecule has 4 atom stereocenters. The Kier molecular flexibility index (Phi) is 13.3. The lowest BCUT2D eigenvalue weighted by molar-refractivity contribution is -0.142. The van der Waals surface area contributed by atoms with E-state index in [1.54, 1.807) is 0 Å². The minimum atomic E-state index is -1.43. The number of aliphatic carboxylic acids is 2. The molecule has 176 valence electrons. The fraction of sp³-hybridized carbons (Fsp3) is 0.625. The third-order valence-electron chi connectivity index (χ3n) is 3.92. The smallest absolute Gasteiger partial charge is 0.327 e. The van der Waals surface area contributed by atoms with Crippen LogP contribution in [0.3, 0.4) is 0 Å². The minimum Gasteiger partial charge on any atom is -0.481 e.